The summed E-state index contributed by atoms with van der Waals surface area (Å²) >= 11 is 11.8. The van der Waals surface area contributed by atoms with Gasteiger partial charge in [-0.3, -0.25) is 4.99 Å². The van der Waals surface area contributed by atoms with Gasteiger partial charge in [0.15, 0.2) is 0 Å². The normalized spacial score (nSPS) is 11.0. The van der Waals surface area contributed by atoms with Crippen LogP contribution in [0.4, 0.5) is 5.69 Å². The highest BCUT2D eigenvalue weighted by Crippen LogP contribution is 2.22. The van der Waals surface area contributed by atoms with E-state index in [1.54, 1.807) is 6.21 Å². The van der Waals surface area contributed by atoms with Gasteiger partial charge in [-0.05, 0) is 42.3 Å². The SMILES string of the molecule is Cc1ccc(N=Cc2ccc(Cl)cc2)cc1Cl. The van der Waals surface area contributed by atoms with Crippen LogP contribution < -0.4 is 0 Å². The van der Waals surface area contributed by atoms with E-state index in [4.69, 9.17) is 23.2 Å². The third-order valence-corrected chi connectivity index (χ3v) is 3.05. The van der Waals surface area contributed by atoms with Gasteiger partial charge in [-0.15, -0.1) is 0 Å². The van der Waals surface area contributed by atoms with Gasteiger partial charge < -0.3 is 0 Å². The minimum atomic E-state index is 0.723. The third-order valence-electron chi connectivity index (χ3n) is 2.39. The fraction of sp³-hybridized carbons (Fsp3) is 0.0714. The molecule has 0 saturated heterocycles. The molecule has 2 aromatic rings. The van der Waals surface area contributed by atoms with Crippen LogP contribution in [-0.2, 0) is 0 Å². The van der Waals surface area contributed by atoms with Crippen molar-refractivity contribution < 1.29 is 0 Å². The molecule has 3 heteroatoms. The molecule has 1 nitrogen and oxygen atoms in total. The van der Waals surface area contributed by atoms with Crippen LogP contribution in [0.2, 0.25) is 10.0 Å². The standard InChI is InChI=1S/C14H11Cl2N/c1-10-2-7-13(8-14(10)16)17-9-11-3-5-12(15)6-4-11/h2-9H,1H3. The van der Waals surface area contributed by atoms with E-state index in [1.807, 2.05) is 49.4 Å². The first-order chi connectivity index (χ1) is 8.15. The van der Waals surface area contributed by atoms with E-state index in [1.165, 1.54) is 0 Å². The Bertz CT molecular complexity index is 545. The second-order valence-electron chi connectivity index (χ2n) is 3.74. The molecule has 0 aliphatic heterocycles. The highest BCUT2D eigenvalue weighted by Gasteiger charge is 1.95. The molecule has 0 aromatic heterocycles. The van der Waals surface area contributed by atoms with Crippen molar-refractivity contribution in [2.45, 2.75) is 6.92 Å². The lowest BCUT2D eigenvalue weighted by atomic mass is 10.2. The molecule has 17 heavy (non-hydrogen) atoms. The van der Waals surface area contributed by atoms with Crippen molar-refractivity contribution >= 4 is 35.1 Å². The fourth-order valence-electron chi connectivity index (χ4n) is 1.36. The van der Waals surface area contributed by atoms with Gasteiger partial charge in [0.05, 0.1) is 5.69 Å². The van der Waals surface area contributed by atoms with E-state index in [0.717, 1.165) is 26.9 Å². The molecule has 2 aromatic carbocycles. The van der Waals surface area contributed by atoms with Crippen molar-refractivity contribution in [1.29, 1.82) is 0 Å². The number of aliphatic imine (C=N–C) groups is 1. The Balaban J connectivity index is 2.20. The Hall–Kier alpha value is -1.31. The van der Waals surface area contributed by atoms with Crippen LogP contribution >= 0.6 is 23.2 Å². The van der Waals surface area contributed by atoms with Crippen molar-refractivity contribution in [1.82, 2.24) is 0 Å². The second kappa shape index (κ2) is 5.35. The number of hydrogen-bond donors (Lipinski definition) is 0. The Labute approximate surface area is 111 Å². The van der Waals surface area contributed by atoms with Crippen molar-refractivity contribution in [3.8, 4) is 0 Å². The molecule has 0 atom stereocenters. The average Bonchev–Trinajstić information content (AvgIpc) is 2.33. The quantitative estimate of drug-likeness (QED) is 0.673. The highest BCUT2D eigenvalue weighted by atomic mass is 35.5. The predicted molar refractivity (Wildman–Crippen MR) is 74.9 cm³/mol. The topological polar surface area (TPSA) is 12.4 Å². The Morgan fingerprint density at radius 3 is 2.35 bits per heavy atom. The van der Waals surface area contributed by atoms with Gasteiger partial charge in [0.25, 0.3) is 0 Å². The zero-order chi connectivity index (χ0) is 12.3. The molecule has 0 saturated carbocycles. The lowest BCUT2D eigenvalue weighted by molar-refractivity contribution is 1.44. The van der Waals surface area contributed by atoms with Crippen molar-refractivity contribution in [3.05, 3.63) is 63.6 Å². The number of halogens is 2. The molecule has 0 radical (unpaired) electrons. The van der Waals surface area contributed by atoms with Gasteiger partial charge in [0.2, 0.25) is 0 Å². The van der Waals surface area contributed by atoms with Crippen molar-refractivity contribution in [2.75, 3.05) is 0 Å². The van der Waals surface area contributed by atoms with E-state index in [-0.39, 0.29) is 0 Å². The third kappa shape index (κ3) is 3.32. The molecule has 0 heterocycles. The van der Waals surface area contributed by atoms with Crippen LogP contribution in [0, 0.1) is 6.92 Å². The lowest BCUT2D eigenvalue weighted by Crippen LogP contribution is -1.79. The minimum Gasteiger partial charge on any atom is -0.256 e. The van der Waals surface area contributed by atoms with Gasteiger partial charge in [0.1, 0.15) is 0 Å². The average molecular weight is 264 g/mol. The number of rotatable bonds is 2. The van der Waals surface area contributed by atoms with Gasteiger partial charge in [-0.1, -0.05) is 41.4 Å². The lowest BCUT2D eigenvalue weighted by Gasteiger charge is -1.99. The maximum Gasteiger partial charge on any atom is 0.0644 e. The minimum absolute atomic E-state index is 0.723. The molecular formula is C14H11Cl2N. The number of benzene rings is 2. The maximum atomic E-state index is 6.03. The summed E-state index contributed by atoms with van der Waals surface area (Å²) in [6.07, 6.45) is 1.79. The summed E-state index contributed by atoms with van der Waals surface area (Å²) in [5, 5.41) is 1.45. The second-order valence-corrected chi connectivity index (χ2v) is 4.59. The molecule has 86 valence electrons. The van der Waals surface area contributed by atoms with E-state index in [2.05, 4.69) is 4.99 Å². The zero-order valence-corrected chi connectivity index (χ0v) is 10.8. The molecule has 0 unspecified atom stereocenters. The van der Waals surface area contributed by atoms with Crippen LogP contribution in [-0.4, -0.2) is 6.21 Å². The van der Waals surface area contributed by atoms with E-state index in [9.17, 15) is 0 Å². The molecule has 0 aliphatic rings. The Kier molecular flexibility index (Phi) is 3.82. The summed E-state index contributed by atoms with van der Waals surface area (Å²) in [7, 11) is 0. The number of aryl methyl sites for hydroxylation is 1. The number of hydrogen-bond acceptors (Lipinski definition) is 1. The monoisotopic (exact) mass is 263 g/mol. The first-order valence-corrected chi connectivity index (χ1v) is 5.96. The van der Waals surface area contributed by atoms with E-state index >= 15 is 0 Å². The van der Waals surface area contributed by atoms with Crippen LogP contribution in [0.1, 0.15) is 11.1 Å². The maximum absolute atomic E-state index is 6.03. The first kappa shape index (κ1) is 12.2. The van der Waals surface area contributed by atoms with Crippen molar-refractivity contribution in [2.24, 2.45) is 4.99 Å². The largest absolute Gasteiger partial charge is 0.256 e. The fourth-order valence-corrected chi connectivity index (χ4v) is 1.66. The molecule has 0 amide bonds. The van der Waals surface area contributed by atoms with Crippen LogP contribution in [0.5, 0.6) is 0 Å². The van der Waals surface area contributed by atoms with E-state index < -0.39 is 0 Å². The Morgan fingerprint density at radius 2 is 1.71 bits per heavy atom. The number of nitrogens with zero attached hydrogens (tertiary/aromatic N) is 1. The smallest absolute Gasteiger partial charge is 0.0644 e. The highest BCUT2D eigenvalue weighted by molar-refractivity contribution is 6.31. The molecule has 0 N–H and O–H groups in total. The molecule has 0 bridgehead atoms. The first-order valence-electron chi connectivity index (χ1n) is 5.21. The molecule has 0 aliphatic carbocycles. The molecule has 2 rings (SSSR count). The van der Waals surface area contributed by atoms with Gasteiger partial charge in [-0.25, -0.2) is 0 Å². The summed E-state index contributed by atoms with van der Waals surface area (Å²) in [4.78, 5) is 4.36. The summed E-state index contributed by atoms with van der Waals surface area (Å²) in [6.45, 7) is 1.97. The predicted octanol–water partition coefficient (Wildman–Crippen LogP) is 5.05. The molecular weight excluding hydrogens is 253 g/mol. The van der Waals surface area contributed by atoms with Crippen molar-refractivity contribution in [3.63, 3.8) is 0 Å². The van der Waals surface area contributed by atoms with Gasteiger partial charge >= 0.3 is 0 Å². The van der Waals surface area contributed by atoms with Crippen LogP contribution in [0.3, 0.4) is 0 Å². The Morgan fingerprint density at radius 1 is 1.00 bits per heavy atom. The summed E-state index contributed by atoms with van der Waals surface area (Å²) in [5.41, 5.74) is 2.90. The summed E-state index contributed by atoms with van der Waals surface area (Å²) < 4.78 is 0. The molecule has 0 spiro atoms. The van der Waals surface area contributed by atoms with Crippen LogP contribution in [0.15, 0.2) is 47.5 Å². The summed E-state index contributed by atoms with van der Waals surface area (Å²) in [5.74, 6) is 0. The van der Waals surface area contributed by atoms with E-state index in [0.29, 0.717) is 0 Å². The summed E-state index contributed by atoms with van der Waals surface area (Å²) in [6, 6.07) is 13.3. The zero-order valence-electron chi connectivity index (χ0n) is 9.32. The van der Waals surface area contributed by atoms with Gasteiger partial charge in [-0.2, -0.15) is 0 Å². The van der Waals surface area contributed by atoms with Gasteiger partial charge in [0, 0.05) is 16.3 Å². The molecule has 0 fully saturated rings. The van der Waals surface area contributed by atoms with Crippen LogP contribution in [0.25, 0.3) is 0 Å².